The summed E-state index contributed by atoms with van der Waals surface area (Å²) in [5.41, 5.74) is 0. The molecule has 0 aliphatic heterocycles. The number of nitrogens with zero attached hydrogens (tertiary/aromatic N) is 1. The third kappa shape index (κ3) is 1.89. The van der Waals surface area contributed by atoms with E-state index < -0.39 is 16.6 Å². The van der Waals surface area contributed by atoms with Gasteiger partial charge in [0.15, 0.2) is 16.2 Å². The highest BCUT2D eigenvalue weighted by Gasteiger charge is 2.20. The Labute approximate surface area is 97.1 Å². The first-order valence-corrected chi connectivity index (χ1v) is 4.91. The van der Waals surface area contributed by atoms with Crippen LogP contribution >= 0.6 is 15.9 Å². The van der Waals surface area contributed by atoms with Gasteiger partial charge in [-0.25, -0.2) is 0 Å². The van der Waals surface area contributed by atoms with Crippen LogP contribution in [0.4, 0.5) is 5.88 Å². The van der Waals surface area contributed by atoms with Crippen molar-refractivity contribution < 1.29 is 18.6 Å². The van der Waals surface area contributed by atoms with Crippen molar-refractivity contribution in [3.63, 3.8) is 0 Å². The maximum atomic E-state index is 11.7. The molecule has 0 amide bonds. The van der Waals surface area contributed by atoms with Crippen molar-refractivity contribution in [1.29, 1.82) is 0 Å². The molecule has 82 valence electrons. The zero-order valence-electron chi connectivity index (χ0n) is 7.68. The summed E-state index contributed by atoms with van der Waals surface area (Å²) in [5.74, 6) is -1.10. The fraction of sp³-hybridized carbons (Fsp3) is 0. The third-order valence-electron chi connectivity index (χ3n) is 1.79. The maximum Gasteiger partial charge on any atom is 0.433 e. The van der Waals surface area contributed by atoms with Crippen LogP contribution in [0.3, 0.4) is 0 Å². The molecule has 0 aliphatic rings. The Hall–Kier alpha value is -1.89. The molecule has 0 aliphatic carbocycles. The lowest BCUT2D eigenvalue weighted by molar-refractivity contribution is -0.402. The summed E-state index contributed by atoms with van der Waals surface area (Å²) in [7, 11) is 0. The van der Waals surface area contributed by atoms with Gasteiger partial charge in [-0.15, -0.1) is 0 Å². The summed E-state index contributed by atoms with van der Waals surface area (Å²) in [5, 5.41) is 10.3. The van der Waals surface area contributed by atoms with Crippen molar-refractivity contribution in [2.75, 3.05) is 0 Å². The normalized spacial score (nSPS) is 10.3. The molecule has 0 fully saturated rings. The van der Waals surface area contributed by atoms with Gasteiger partial charge in [-0.05, 0) is 34.1 Å². The second kappa shape index (κ2) is 3.93. The first-order chi connectivity index (χ1) is 7.58. The standard InChI is InChI=1S/C9H4BrNO5/c10-7-3-1-5(15-7)9(12)6-2-4-8(16-6)11(13)14/h1-4H. The van der Waals surface area contributed by atoms with Crippen LogP contribution < -0.4 is 0 Å². The van der Waals surface area contributed by atoms with Crippen molar-refractivity contribution in [3.8, 4) is 0 Å². The maximum absolute atomic E-state index is 11.7. The first kappa shape index (κ1) is 10.6. The van der Waals surface area contributed by atoms with Crippen molar-refractivity contribution in [2.24, 2.45) is 0 Å². The second-order valence-corrected chi connectivity index (χ2v) is 3.61. The summed E-state index contributed by atoms with van der Waals surface area (Å²) >= 11 is 3.04. The molecule has 2 aromatic heterocycles. The van der Waals surface area contributed by atoms with Crippen LogP contribution in [0.2, 0.25) is 0 Å². The lowest BCUT2D eigenvalue weighted by Crippen LogP contribution is -1.97. The number of rotatable bonds is 3. The van der Waals surface area contributed by atoms with E-state index in [9.17, 15) is 14.9 Å². The number of carbonyl (C=O) groups excluding carboxylic acids is 1. The number of nitro groups is 1. The molecule has 0 saturated heterocycles. The molecule has 0 atom stereocenters. The Morgan fingerprint density at radius 3 is 2.31 bits per heavy atom. The molecular formula is C9H4BrNO5. The zero-order chi connectivity index (χ0) is 11.7. The van der Waals surface area contributed by atoms with Crippen LogP contribution in [0.15, 0.2) is 37.8 Å². The number of ketones is 1. The molecule has 2 heterocycles. The molecule has 0 saturated carbocycles. The molecule has 0 radical (unpaired) electrons. The summed E-state index contributed by atoms with van der Waals surface area (Å²) in [4.78, 5) is 21.3. The molecular weight excluding hydrogens is 282 g/mol. The summed E-state index contributed by atoms with van der Waals surface area (Å²) in [6.45, 7) is 0. The molecule has 0 spiro atoms. The Balaban J connectivity index is 2.30. The van der Waals surface area contributed by atoms with Gasteiger partial charge < -0.3 is 8.83 Å². The fourth-order valence-electron chi connectivity index (χ4n) is 1.11. The molecule has 2 aromatic rings. The second-order valence-electron chi connectivity index (χ2n) is 2.83. The van der Waals surface area contributed by atoms with Gasteiger partial charge in [0.1, 0.15) is 4.92 Å². The Bertz CT molecular complexity index is 556. The molecule has 0 bridgehead atoms. The average molecular weight is 286 g/mol. The van der Waals surface area contributed by atoms with Crippen LogP contribution in [0.1, 0.15) is 16.3 Å². The van der Waals surface area contributed by atoms with Gasteiger partial charge in [0, 0.05) is 0 Å². The van der Waals surface area contributed by atoms with E-state index >= 15 is 0 Å². The lowest BCUT2D eigenvalue weighted by Gasteiger charge is -1.90. The van der Waals surface area contributed by atoms with Crippen LogP contribution in [0.25, 0.3) is 0 Å². The predicted molar refractivity (Wildman–Crippen MR) is 55.2 cm³/mol. The minimum atomic E-state index is -0.713. The van der Waals surface area contributed by atoms with Crippen LogP contribution in [-0.4, -0.2) is 10.7 Å². The van der Waals surface area contributed by atoms with Gasteiger partial charge in [0.2, 0.25) is 0 Å². The predicted octanol–water partition coefficient (Wildman–Crippen LogP) is 2.77. The highest BCUT2D eigenvalue weighted by molar-refractivity contribution is 9.10. The zero-order valence-corrected chi connectivity index (χ0v) is 9.26. The van der Waals surface area contributed by atoms with E-state index in [-0.39, 0.29) is 11.5 Å². The van der Waals surface area contributed by atoms with Gasteiger partial charge in [-0.2, -0.15) is 0 Å². The molecule has 7 heteroatoms. The van der Waals surface area contributed by atoms with Crippen molar-refractivity contribution in [2.45, 2.75) is 0 Å². The smallest absolute Gasteiger partial charge is 0.433 e. The molecule has 0 aromatic carbocycles. The summed E-state index contributed by atoms with van der Waals surface area (Å²) in [6.07, 6.45) is 0. The Morgan fingerprint density at radius 2 is 1.81 bits per heavy atom. The number of carbonyl (C=O) groups is 1. The quantitative estimate of drug-likeness (QED) is 0.492. The van der Waals surface area contributed by atoms with Crippen LogP contribution in [0.5, 0.6) is 0 Å². The molecule has 6 nitrogen and oxygen atoms in total. The van der Waals surface area contributed by atoms with Crippen molar-refractivity contribution in [3.05, 3.63) is 50.6 Å². The molecule has 2 rings (SSSR count). The van der Waals surface area contributed by atoms with E-state index in [0.29, 0.717) is 4.67 Å². The average Bonchev–Trinajstić information content (AvgIpc) is 2.84. The van der Waals surface area contributed by atoms with Crippen LogP contribution in [0, 0.1) is 10.1 Å². The monoisotopic (exact) mass is 285 g/mol. The van der Waals surface area contributed by atoms with E-state index in [1.54, 1.807) is 6.07 Å². The highest BCUT2D eigenvalue weighted by Crippen LogP contribution is 2.21. The van der Waals surface area contributed by atoms with Crippen molar-refractivity contribution >= 4 is 27.6 Å². The Kier molecular flexibility index (Phi) is 2.61. The van der Waals surface area contributed by atoms with Gasteiger partial charge in [0.05, 0.1) is 6.07 Å². The third-order valence-corrected chi connectivity index (χ3v) is 2.22. The SMILES string of the molecule is O=C(c1ccc(Br)o1)c1ccc([N+](=O)[O-])o1. The van der Waals surface area contributed by atoms with Gasteiger partial charge in [-0.1, -0.05) is 0 Å². The topological polar surface area (TPSA) is 86.5 Å². The molecule has 0 unspecified atom stereocenters. The van der Waals surface area contributed by atoms with E-state index in [1.807, 2.05) is 0 Å². The minimum Gasteiger partial charge on any atom is -0.446 e. The summed E-state index contributed by atoms with van der Waals surface area (Å²) in [6, 6.07) is 5.34. The van der Waals surface area contributed by atoms with E-state index in [2.05, 4.69) is 15.9 Å². The number of hydrogen-bond donors (Lipinski definition) is 0. The van der Waals surface area contributed by atoms with Gasteiger partial charge in [-0.3, -0.25) is 14.9 Å². The summed E-state index contributed by atoms with van der Waals surface area (Å²) < 4.78 is 10.2. The van der Waals surface area contributed by atoms with E-state index in [4.69, 9.17) is 8.83 Å². The number of halogens is 1. The molecule has 0 N–H and O–H groups in total. The number of hydrogen-bond acceptors (Lipinski definition) is 5. The molecule has 16 heavy (non-hydrogen) atoms. The highest BCUT2D eigenvalue weighted by atomic mass is 79.9. The first-order valence-electron chi connectivity index (χ1n) is 4.12. The van der Waals surface area contributed by atoms with E-state index in [0.717, 1.165) is 6.07 Å². The Morgan fingerprint density at radius 1 is 1.19 bits per heavy atom. The largest absolute Gasteiger partial charge is 0.446 e. The van der Waals surface area contributed by atoms with E-state index in [1.165, 1.54) is 12.1 Å². The number of furan rings is 2. The van der Waals surface area contributed by atoms with Crippen molar-refractivity contribution in [1.82, 2.24) is 0 Å². The van der Waals surface area contributed by atoms with Crippen LogP contribution in [-0.2, 0) is 0 Å². The minimum absolute atomic E-state index is 0.0520. The van der Waals surface area contributed by atoms with Gasteiger partial charge in [0.25, 0.3) is 5.78 Å². The lowest BCUT2D eigenvalue weighted by atomic mass is 10.2. The van der Waals surface area contributed by atoms with Gasteiger partial charge >= 0.3 is 5.88 Å². The fourth-order valence-corrected chi connectivity index (χ4v) is 1.41.